The normalized spacial score (nSPS) is 15.2. The van der Waals surface area contributed by atoms with E-state index < -0.39 is 20.0 Å². The van der Waals surface area contributed by atoms with Gasteiger partial charge in [0.2, 0.25) is 5.91 Å². The van der Waals surface area contributed by atoms with Gasteiger partial charge in [0.05, 0.1) is 39.9 Å². The number of aliphatic hydroxyl groups excluding tert-OH is 1. The standard InChI is InChI=1S/C29H61N2O6P/c1-6-8-10-12-14-15-16-17-19-21-23-29(33)30-27(28(32)22-20-18-13-11-9-7-2)26-37-38(34,35)36-25-24-31(3,4)5/h27-28,32H,6-26H2,1-5H3,(H-,30,33,34,35)/p+1. The molecule has 3 N–H and O–H groups in total. The maximum absolute atomic E-state index is 12.6. The van der Waals surface area contributed by atoms with Gasteiger partial charge in [0.25, 0.3) is 0 Å². The minimum absolute atomic E-state index is 0.0767. The summed E-state index contributed by atoms with van der Waals surface area (Å²) in [5, 5.41) is 13.6. The number of phosphoric acid groups is 1. The molecule has 0 heterocycles. The van der Waals surface area contributed by atoms with E-state index in [0.29, 0.717) is 23.9 Å². The molecule has 0 rings (SSSR count). The molecule has 3 atom stereocenters. The molecule has 0 aliphatic heterocycles. The second-order valence-electron chi connectivity index (χ2n) is 11.8. The summed E-state index contributed by atoms with van der Waals surface area (Å²) in [5.41, 5.74) is 0. The lowest BCUT2D eigenvalue weighted by molar-refractivity contribution is -0.870. The number of unbranched alkanes of at least 4 members (excludes halogenated alkanes) is 14. The van der Waals surface area contributed by atoms with Gasteiger partial charge in [-0.1, -0.05) is 110 Å². The van der Waals surface area contributed by atoms with E-state index in [2.05, 4.69) is 19.2 Å². The Morgan fingerprint density at radius 2 is 1.26 bits per heavy atom. The van der Waals surface area contributed by atoms with Gasteiger partial charge < -0.3 is 19.8 Å². The fraction of sp³-hybridized carbons (Fsp3) is 0.966. The van der Waals surface area contributed by atoms with Crippen molar-refractivity contribution >= 4 is 13.7 Å². The Labute approximate surface area is 234 Å². The van der Waals surface area contributed by atoms with E-state index in [4.69, 9.17) is 9.05 Å². The van der Waals surface area contributed by atoms with Crippen molar-refractivity contribution in [2.24, 2.45) is 0 Å². The molecule has 9 heteroatoms. The van der Waals surface area contributed by atoms with Gasteiger partial charge in [0.1, 0.15) is 13.2 Å². The molecular weight excluding hydrogens is 503 g/mol. The Hall–Kier alpha value is -0.500. The van der Waals surface area contributed by atoms with Crippen LogP contribution in [0.2, 0.25) is 0 Å². The van der Waals surface area contributed by atoms with Gasteiger partial charge in [-0.2, -0.15) is 0 Å². The number of nitrogens with zero attached hydrogens (tertiary/aromatic N) is 1. The van der Waals surface area contributed by atoms with Crippen LogP contribution >= 0.6 is 7.82 Å². The highest BCUT2D eigenvalue weighted by Crippen LogP contribution is 2.43. The second-order valence-corrected chi connectivity index (χ2v) is 13.3. The number of phosphoric ester groups is 1. The van der Waals surface area contributed by atoms with Crippen molar-refractivity contribution in [1.29, 1.82) is 0 Å². The molecule has 228 valence electrons. The minimum Gasteiger partial charge on any atom is -0.391 e. The Balaban J connectivity index is 4.53. The Bertz CT molecular complexity index is 614. The first-order chi connectivity index (χ1) is 18.0. The number of hydrogen-bond acceptors (Lipinski definition) is 5. The smallest absolute Gasteiger partial charge is 0.391 e. The third-order valence-corrected chi connectivity index (χ3v) is 7.84. The first-order valence-electron chi connectivity index (χ1n) is 15.4. The molecule has 0 bridgehead atoms. The molecule has 1 amide bonds. The van der Waals surface area contributed by atoms with Crippen molar-refractivity contribution in [1.82, 2.24) is 5.32 Å². The van der Waals surface area contributed by atoms with E-state index in [-0.39, 0.29) is 19.1 Å². The third kappa shape index (κ3) is 24.5. The molecule has 38 heavy (non-hydrogen) atoms. The van der Waals surface area contributed by atoms with Gasteiger partial charge >= 0.3 is 7.82 Å². The molecule has 0 aliphatic rings. The van der Waals surface area contributed by atoms with E-state index in [1.54, 1.807) is 0 Å². The molecule has 0 saturated heterocycles. The predicted octanol–water partition coefficient (Wildman–Crippen LogP) is 6.73. The van der Waals surface area contributed by atoms with Gasteiger partial charge in [-0.3, -0.25) is 13.8 Å². The molecule has 0 aromatic carbocycles. The van der Waals surface area contributed by atoms with Crippen molar-refractivity contribution in [3.05, 3.63) is 0 Å². The van der Waals surface area contributed by atoms with Crippen LogP contribution in [0.1, 0.15) is 129 Å². The molecule has 8 nitrogen and oxygen atoms in total. The summed E-state index contributed by atoms with van der Waals surface area (Å²) in [6, 6.07) is -0.747. The maximum atomic E-state index is 12.6. The number of amides is 1. The average Bonchev–Trinajstić information content (AvgIpc) is 2.84. The number of quaternary nitrogens is 1. The molecule has 0 saturated carbocycles. The molecule has 0 aromatic heterocycles. The summed E-state index contributed by atoms with van der Waals surface area (Å²) in [6.45, 7) is 4.77. The lowest BCUT2D eigenvalue weighted by atomic mass is 10.0. The number of aliphatic hydroxyl groups is 1. The second kappa shape index (κ2) is 23.2. The summed E-state index contributed by atoms with van der Waals surface area (Å²) in [6.07, 6.45) is 18.6. The zero-order chi connectivity index (χ0) is 28.7. The molecule has 0 aliphatic carbocycles. The van der Waals surface area contributed by atoms with E-state index >= 15 is 0 Å². The zero-order valence-electron chi connectivity index (χ0n) is 25.4. The largest absolute Gasteiger partial charge is 0.472 e. The van der Waals surface area contributed by atoms with Crippen molar-refractivity contribution in [2.75, 3.05) is 40.9 Å². The first kappa shape index (κ1) is 37.5. The summed E-state index contributed by atoms with van der Waals surface area (Å²) in [4.78, 5) is 22.7. The van der Waals surface area contributed by atoms with Gasteiger partial charge in [0, 0.05) is 6.42 Å². The SMILES string of the molecule is CCCCCCCCCCCCC(=O)NC(COP(=O)(O)OCC[N+](C)(C)C)C(O)CCCCCCCC. The van der Waals surface area contributed by atoms with Crippen LogP contribution in [0.3, 0.4) is 0 Å². The highest BCUT2D eigenvalue weighted by Gasteiger charge is 2.28. The van der Waals surface area contributed by atoms with Gasteiger partial charge in [-0.25, -0.2) is 4.57 Å². The molecular formula is C29H62N2O6P+. The molecule has 0 radical (unpaired) electrons. The van der Waals surface area contributed by atoms with Crippen molar-refractivity contribution < 1.29 is 32.9 Å². The van der Waals surface area contributed by atoms with Crippen molar-refractivity contribution in [3.63, 3.8) is 0 Å². The summed E-state index contributed by atoms with van der Waals surface area (Å²) >= 11 is 0. The lowest BCUT2D eigenvalue weighted by Gasteiger charge is -2.26. The quantitative estimate of drug-likeness (QED) is 0.0579. The van der Waals surface area contributed by atoms with Crippen LogP contribution in [-0.2, 0) is 18.4 Å². The van der Waals surface area contributed by atoms with Crippen LogP contribution in [0.15, 0.2) is 0 Å². The molecule has 0 fully saturated rings. The topological polar surface area (TPSA) is 105 Å². The third-order valence-electron chi connectivity index (χ3n) is 6.86. The van der Waals surface area contributed by atoms with E-state index in [1.165, 1.54) is 64.2 Å². The number of carbonyl (C=O) groups excluding carboxylic acids is 1. The zero-order valence-corrected chi connectivity index (χ0v) is 26.3. The van der Waals surface area contributed by atoms with Crippen LogP contribution in [0, 0.1) is 0 Å². The number of likely N-dealkylation sites (N-methyl/N-ethyl adjacent to an activating group) is 1. The van der Waals surface area contributed by atoms with E-state index in [9.17, 15) is 19.4 Å². The summed E-state index contributed by atoms with van der Waals surface area (Å²) in [7, 11) is 1.61. The van der Waals surface area contributed by atoms with Gasteiger partial charge in [-0.15, -0.1) is 0 Å². The number of rotatable bonds is 27. The highest BCUT2D eigenvalue weighted by molar-refractivity contribution is 7.47. The maximum Gasteiger partial charge on any atom is 0.472 e. The number of nitrogens with one attached hydrogen (secondary N) is 1. The average molecular weight is 566 g/mol. The molecule has 0 spiro atoms. The molecule has 3 unspecified atom stereocenters. The van der Waals surface area contributed by atoms with E-state index in [1.807, 2.05) is 21.1 Å². The Morgan fingerprint density at radius 3 is 1.76 bits per heavy atom. The van der Waals surface area contributed by atoms with Gasteiger partial charge in [-0.05, 0) is 12.8 Å². The Kier molecular flexibility index (Phi) is 22.9. The number of carbonyl (C=O) groups is 1. The molecule has 0 aromatic rings. The predicted molar refractivity (Wildman–Crippen MR) is 157 cm³/mol. The monoisotopic (exact) mass is 565 g/mol. The summed E-state index contributed by atoms with van der Waals surface area (Å²) < 4.78 is 23.2. The van der Waals surface area contributed by atoms with Crippen LogP contribution in [-0.4, -0.2) is 73.4 Å². The number of hydrogen-bond donors (Lipinski definition) is 3. The van der Waals surface area contributed by atoms with E-state index in [0.717, 1.165) is 38.5 Å². The van der Waals surface area contributed by atoms with Crippen molar-refractivity contribution in [2.45, 2.75) is 142 Å². The fourth-order valence-corrected chi connectivity index (χ4v) is 5.01. The summed E-state index contributed by atoms with van der Waals surface area (Å²) in [5.74, 6) is -0.154. The van der Waals surface area contributed by atoms with Gasteiger partial charge in [0.15, 0.2) is 0 Å². The minimum atomic E-state index is -4.28. The first-order valence-corrected chi connectivity index (χ1v) is 16.9. The van der Waals surface area contributed by atoms with Crippen LogP contribution in [0.5, 0.6) is 0 Å². The Morgan fingerprint density at radius 1 is 0.789 bits per heavy atom. The van der Waals surface area contributed by atoms with Crippen molar-refractivity contribution in [3.8, 4) is 0 Å². The van der Waals surface area contributed by atoms with Crippen LogP contribution in [0.25, 0.3) is 0 Å². The highest BCUT2D eigenvalue weighted by atomic mass is 31.2. The fourth-order valence-electron chi connectivity index (χ4n) is 4.28. The lowest BCUT2D eigenvalue weighted by Crippen LogP contribution is -2.46. The van der Waals surface area contributed by atoms with Crippen LogP contribution < -0.4 is 5.32 Å². The van der Waals surface area contributed by atoms with Crippen LogP contribution in [0.4, 0.5) is 0 Å².